The van der Waals surface area contributed by atoms with E-state index in [2.05, 4.69) is 0 Å². The minimum atomic E-state index is -0.374. The van der Waals surface area contributed by atoms with Crippen LogP contribution in [0.2, 0.25) is 0 Å². The molecule has 0 bridgehead atoms. The second-order valence-corrected chi connectivity index (χ2v) is 4.22. The Labute approximate surface area is 85.1 Å². The van der Waals surface area contributed by atoms with Crippen molar-refractivity contribution >= 4 is 5.91 Å². The summed E-state index contributed by atoms with van der Waals surface area (Å²) in [5.41, 5.74) is 5.59. The second-order valence-electron chi connectivity index (χ2n) is 4.22. The molecule has 1 rings (SSSR count). The molecule has 0 aromatic rings. The lowest BCUT2D eigenvalue weighted by atomic mass is 9.84. The summed E-state index contributed by atoms with van der Waals surface area (Å²) in [5, 5.41) is 9.79. The van der Waals surface area contributed by atoms with Crippen LogP contribution in [0.15, 0.2) is 0 Å². The highest BCUT2D eigenvalue weighted by Crippen LogP contribution is 2.27. The summed E-state index contributed by atoms with van der Waals surface area (Å²) in [5.74, 6) is 0.0745. The number of hydrogen-bond donors (Lipinski definition) is 2. The lowest BCUT2D eigenvalue weighted by Gasteiger charge is -2.45. The minimum Gasteiger partial charge on any atom is -0.393 e. The Kier molecular flexibility index (Phi) is 3.50. The average Bonchev–Trinajstić information content (AvgIpc) is 2.02. The summed E-state index contributed by atoms with van der Waals surface area (Å²) in [7, 11) is 0. The molecule has 0 saturated carbocycles. The van der Waals surface area contributed by atoms with Crippen LogP contribution < -0.4 is 5.73 Å². The van der Waals surface area contributed by atoms with Crippen LogP contribution in [0.1, 0.15) is 27.2 Å². The standard InChI is InChI=1S/C10H20N2O2/c1-6-4-10(14)9(5-11)7(2)12(6)8(3)13/h6-7,9-10,14H,4-5,11H2,1-3H3. The van der Waals surface area contributed by atoms with Crippen molar-refractivity contribution in [2.45, 2.75) is 45.4 Å². The van der Waals surface area contributed by atoms with E-state index >= 15 is 0 Å². The zero-order valence-electron chi connectivity index (χ0n) is 9.10. The third-order valence-corrected chi connectivity index (χ3v) is 3.25. The summed E-state index contributed by atoms with van der Waals surface area (Å²) in [4.78, 5) is 13.2. The summed E-state index contributed by atoms with van der Waals surface area (Å²) >= 11 is 0. The highest BCUT2D eigenvalue weighted by Gasteiger charge is 2.38. The van der Waals surface area contributed by atoms with Crippen molar-refractivity contribution in [2.24, 2.45) is 11.7 Å². The van der Waals surface area contributed by atoms with Crippen molar-refractivity contribution < 1.29 is 9.90 Å². The van der Waals surface area contributed by atoms with Crippen LogP contribution in [0.3, 0.4) is 0 Å². The summed E-state index contributed by atoms with van der Waals surface area (Å²) < 4.78 is 0. The molecule has 0 aromatic heterocycles. The van der Waals surface area contributed by atoms with E-state index in [0.717, 1.165) is 0 Å². The Balaban J connectivity index is 2.82. The molecule has 1 fully saturated rings. The van der Waals surface area contributed by atoms with Gasteiger partial charge in [-0.3, -0.25) is 4.79 Å². The third kappa shape index (κ3) is 1.91. The van der Waals surface area contributed by atoms with Gasteiger partial charge in [0.05, 0.1) is 6.10 Å². The van der Waals surface area contributed by atoms with Crippen molar-refractivity contribution in [2.75, 3.05) is 6.54 Å². The zero-order valence-corrected chi connectivity index (χ0v) is 9.10. The number of carbonyl (C=O) groups is 1. The Hall–Kier alpha value is -0.610. The molecule has 4 heteroatoms. The maximum atomic E-state index is 11.4. The SMILES string of the molecule is CC(=O)N1C(C)CC(O)C(CN)C1C. The molecule has 1 aliphatic rings. The number of aliphatic hydroxyl groups is 1. The van der Waals surface area contributed by atoms with Crippen molar-refractivity contribution in [1.29, 1.82) is 0 Å². The Morgan fingerprint density at radius 1 is 1.57 bits per heavy atom. The van der Waals surface area contributed by atoms with Crippen molar-refractivity contribution in [3.8, 4) is 0 Å². The number of hydrogen-bond acceptors (Lipinski definition) is 3. The number of piperidine rings is 1. The average molecular weight is 200 g/mol. The van der Waals surface area contributed by atoms with Crippen molar-refractivity contribution in [1.82, 2.24) is 4.90 Å². The van der Waals surface area contributed by atoms with E-state index < -0.39 is 0 Å². The molecule has 82 valence electrons. The number of likely N-dealkylation sites (tertiary alicyclic amines) is 1. The fraction of sp³-hybridized carbons (Fsp3) is 0.900. The highest BCUT2D eigenvalue weighted by molar-refractivity contribution is 5.74. The Morgan fingerprint density at radius 3 is 2.57 bits per heavy atom. The molecule has 0 aliphatic carbocycles. The van der Waals surface area contributed by atoms with Gasteiger partial charge in [0.1, 0.15) is 0 Å². The number of nitrogens with two attached hydrogens (primary N) is 1. The molecule has 1 saturated heterocycles. The maximum Gasteiger partial charge on any atom is 0.219 e. The van der Waals surface area contributed by atoms with Gasteiger partial charge in [0.2, 0.25) is 5.91 Å². The van der Waals surface area contributed by atoms with Crippen molar-refractivity contribution in [3.05, 3.63) is 0 Å². The molecule has 4 atom stereocenters. The monoisotopic (exact) mass is 200 g/mol. The normalized spacial score (nSPS) is 38.5. The minimum absolute atomic E-state index is 0.00935. The third-order valence-electron chi connectivity index (χ3n) is 3.25. The number of nitrogens with zero attached hydrogens (tertiary/aromatic N) is 1. The van der Waals surface area contributed by atoms with Gasteiger partial charge in [0.15, 0.2) is 0 Å². The molecule has 1 heterocycles. The molecular weight excluding hydrogens is 180 g/mol. The van der Waals surface area contributed by atoms with E-state index in [1.165, 1.54) is 0 Å². The Bertz CT molecular complexity index is 220. The first-order chi connectivity index (χ1) is 6.49. The fourth-order valence-electron chi connectivity index (χ4n) is 2.52. The molecule has 4 nitrogen and oxygen atoms in total. The first-order valence-electron chi connectivity index (χ1n) is 5.16. The van der Waals surface area contributed by atoms with Gasteiger partial charge < -0.3 is 15.7 Å². The molecule has 1 amide bonds. The topological polar surface area (TPSA) is 66.6 Å². The van der Waals surface area contributed by atoms with Gasteiger partial charge >= 0.3 is 0 Å². The van der Waals surface area contributed by atoms with E-state index in [1.807, 2.05) is 18.7 Å². The lowest BCUT2D eigenvalue weighted by Crippen LogP contribution is -2.57. The van der Waals surface area contributed by atoms with Gasteiger partial charge in [-0.25, -0.2) is 0 Å². The van der Waals surface area contributed by atoms with Crippen LogP contribution >= 0.6 is 0 Å². The number of amides is 1. The molecule has 3 N–H and O–H groups in total. The molecule has 0 aromatic carbocycles. The van der Waals surface area contributed by atoms with Crippen LogP contribution in [0.25, 0.3) is 0 Å². The fourth-order valence-corrected chi connectivity index (χ4v) is 2.52. The summed E-state index contributed by atoms with van der Waals surface area (Å²) in [6.07, 6.45) is 0.256. The van der Waals surface area contributed by atoms with Crippen LogP contribution in [0.4, 0.5) is 0 Å². The number of aliphatic hydroxyl groups excluding tert-OH is 1. The highest BCUT2D eigenvalue weighted by atomic mass is 16.3. The van der Waals surface area contributed by atoms with Gasteiger partial charge in [-0.2, -0.15) is 0 Å². The largest absolute Gasteiger partial charge is 0.393 e. The van der Waals surface area contributed by atoms with E-state index in [9.17, 15) is 9.90 Å². The first kappa shape index (κ1) is 11.5. The van der Waals surface area contributed by atoms with Gasteiger partial charge in [-0.1, -0.05) is 0 Å². The second kappa shape index (κ2) is 4.28. The van der Waals surface area contributed by atoms with Crippen LogP contribution in [0, 0.1) is 5.92 Å². The number of carbonyl (C=O) groups excluding carboxylic acids is 1. The van der Waals surface area contributed by atoms with Gasteiger partial charge in [-0.05, 0) is 26.8 Å². The van der Waals surface area contributed by atoms with Crippen LogP contribution in [0.5, 0.6) is 0 Å². The summed E-state index contributed by atoms with van der Waals surface area (Å²) in [6, 6.07) is 0.150. The summed E-state index contributed by atoms with van der Waals surface area (Å²) in [6.45, 7) is 5.92. The van der Waals surface area contributed by atoms with Gasteiger partial charge in [0, 0.05) is 24.9 Å². The van der Waals surface area contributed by atoms with Crippen molar-refractivity contribution in [3.63, 3.8) is 0 Å². The van der Waals surface area contributed by atoms with E-state index in [4.69, 9.17) is 5.73 Å². The molecule has 1 aliphatic heterocycles. The van der Waals surface area contributed by atoms with Crippen LogP contribution in [-0.4, -0.2) is 40.6 Å². The van der Waals surface area contributed by atoms with Gasteiger partial charge in [0.25, 0.3) is 0 Å². The maximum absolute atomic E-state index is 11.4. The number of rotatable bonds is 1. The molecule has 0 radical (unpaired) electrons. The lowest BCUT2D eigenvalue weighted by molar-refractivity contribution is -0.140. The van der Waals surface area contributed by atoms with E-state index in [1.54, 1.807) is 6.92 Å². The zero-order chi connectivity index (χ0) is 10.9. The van der Waals surface area contributed by atoms with Gasteiger partial charge in [-0.15, -0.1) is 0 Å². The molecule has 14 heavy (non-hydrogen) atoms. The molecule has 4 unspecified atom stereocenters. The smallest absolute Gasteiger partial charge is 0.219 e. The first-order valence-corrected chi connectivity index (χ1v) is 5.16. The quantitative estimate of drug-likeness (QED) is 0.623. The molecule has 0 spiro atoms. The predicted molar refractivity (Wildman–Crippen MR) is 54.6 cm³/mol. The van der Waals surface area contributed by atoms with E-state index in [-0.39, 0.29) is 30.0 Å². The predicted octanol–water partition coefficient (Wildman–Crippen LogP) is -0.0486. The van der Waals surface area contributed by atoms with E-state index in [0.29, 0.717) is 13.0 Å². The van der Waals surface area contributed by atoms with Crippen LogP contribution in [-0.2, 0) is 4.79 Å². The Morgan fingerprint density at radius 2 is 2.14 bits per heavy atom. The molecular formula is C10H20N2O2.